The van der Waals surface area contributed by atoms with Crippen molar-refractivity contribution in [2.75, 3.05) is 57.9 Å². The minimum atomic E-state index is 0.346. The molecule has 1 aliphatic heterocycles. The molecule has 2 aliphatic rings. The summed E-state index contributed by atoms with van der Waals surface area (Å²) in [5.74, 6) is 1.25. The van der Waals surface area contributed by atoms with E-state index < -0.39 is 0 Å². The molecule has 0 spiro atoms. The molecule has 0 unspecified atom stereocenters. The number of ether oxygens (including phenoxy) is 2. The first-order chi connectivity index (χ1) is 10.2. The van der Waals surface area contributed by atoms with Crippen molar-refractivity contribution in [1.29, 1.82) is 0 Å². The molecule has 0 N–H and O–H groups in total. The van der Waals surface area contributed by atoms with Crippen molar-refractivity contribution in [2.45, 2.75) is 45.0 Å². The second kappa shape index (κ2) is 9.36. The lowest BCUT2D eigenvalue weighted by molar-refractivity contribution is -0.120. The van der Waals surface area contributed by atoms with Crippen LogP contribution in [0.1, 0.15) is 26.7 Å². The van der Waals surface area contributed by atoms with Crippen LogP contribution in [0.5, 0.6) is 0 Å². The Balaban J connectivity index is 1.46. The summed E-state index contributed by atoms with van der Waals surface area (Å²) in [5.41, 5.74) is 0. The van der Waals surface area contributed by atoms with Crippen molar-refractivity contribution in [3.8, 4) is 0 Å². The Kier molecular flexibility index (Phi) is 7.82. The van der Waals surface area contributed by atoms with E-state index in [0.717, 1.165) is 26.0 Å². The van der Waals surface area contributed by atoms with Crippen LogP contribution in [-0.2, 0) is 9.47 Å². The highest BCUT2D eigenvalue weighted by atomic mass is 32.2. The Labute approximate surface area is 134 Å². The molecule has 1 saturated heterocycles. The molecular formula is C16H32N2O2S. The lowest BCUT2D eigenvalue weighted by Gasteiger charge is -2.37. The molecule has 1 saturated carbocycles. The van der Waals surface area contributed by atoms with E-state index in [1.54, 1.807) is 0 Å². The third kappa shape index (κ3) is 6.45. The van der Waals surface area contributed by atoms with E-state index in [9.17, 15) is 0 Å². The molecule has 2 fully saturated rings. The van der Waals surface area contributed by atoms with Crippen molar-refractivity contribution in [3.63, 3.8) is 0 Å². The smallest absolute Gasteiger partial charge is 0.0628 e. The summed E-state index contributed by atoms with van der Waals surface area (Å²) < 4.78 is 11.7. The second-order valence-electron chi connectivity index (χ2n) is 6.45. The van der Waals surface area contributed by atoms with Gasteiger partial charge >= 0.3 is 0 Å². The van der Waals surface area contributed by atoms with E-state index in [4.69, 9.17) is 9.47 Å². The first-order valence-corrected chi connectivity index (χ1v) is 9.77. The predicted molar refractivity (Wildman–Crippen MR) is 90.2 cm³/mol. The van der Waals surface area contributed by atoms with Gasteiger partial charge in [-0.2, -0.15) is 11.8 Å². The maximum absolute atomic E-state index is 5.95. The molecule has 0 amide bonds. The molecule has 2 rings (SSSR count). The molecular weight excluding hydrogens is 284 g/mol. The fourth-order valence-corrected chi connectivity index (χ4v) is 3.40. The minimum absolute atomic E-state index is 0.346. The zero-order valence-corrected chi connectivity index (χ0v) is 14.7. The van der Waals surface area contributed by atoms with Crippen LogP contribution in [0.2, 0.25) is 0 Å². The fraction of sp³-hybridized carbons (Fsp3) is 1.00. The van der Waals surface area contributed by atoms with Crippen LogP contribution in [0.25, 0.3) is 0 Å². The van der Waals surface area contributed by atoms with Gasteiger partial charge in [0.1, 0.15) is 0 Å². The van der Waals surface area contributed by atoms with Crippen LogP contribution in [0.3, 0.4) is 0 Å². The van der Waals surface area contributed by atoms with Crippen LogP contribution in [-0.4, -0.2) is 86.0 Å². The average Bonchev–Trinajstić information content (AvgIpc) is 2.43. The quantitative estimate of drug-likeness (QED) is 0.647. The Morgan fingerprint density at radius 1 is 1.00 bits per heavy atom. The molecule has 1 aliphatic carbocycles. The molecule has 0 aromatic heterocycles. The third-order valence-electron chi connectivity index (χ3n) is 4.35. The van der Waals surface area contributed by atoms with Gasteiger partial charge in [-0.1, -0.05) is 0 Å². The number of hydrogen-bond donors (Lipinski definition) is 0. The molecule has 124 valence electrons. The largest absolute Gasteiger partial charge is 0.377 e. The molecule has 1 heterocycles. The molecule has 0 radical (unpaired) electrons. The van der Waals surface area contributed by atoms with Gasteiger partial charge in [0.25, 0.3) is 0 Å². The van der Waals surface area contributed by atoms with Gasteiger partial charge in [0.05, 0.1) is 24.9 Å². The van der Waals surface area contributed by atoms with Gasteiger partial charge in [0.2, 0.25) is 0 Å². The lowest BCUT2D eigenvalue weighted by atomic mass is 9.92. The highest BCUT2D eigenvalue weighted by Crippen LogP contribution is 2.27. The molecule has 0 bridgehead atoms. The van der Waals surface area contributed by atoms with E-state index in [1.807, 2.05) is 11.8 Å². The Morgan fingerprint density at radius 3 is 2.19 bits per heavy atom. The number of piperazine rings is 1. The molecule has 5 heteroatoms. The summed E-state index contributed by atoms with van der Waals surface area (Å²) in [6, 6.07) is 0. The molecule has 4 nitrogen and oxygen atoms in total. The van der Waals surface area contributed by atoms with Gasteiger partial charge in [-0.05, 0) is 32.9 Å². The van der Waals surface area contributed by atoms with Crippen LogP contribution in [0.4, 0.5) is 0 Å². The highest BCUT2D eigenvalue weighted by Gasteiger charge is 2.31. The van der Waals surface area contributed by atoms with Crippen LogP contribution >= 0.6 is 11.8 Å². The lowest BCUT2D eigenvalue weighted by Crippen LogP contribution is -2.48. The van der Waals surface area contributed by atoms with Gasteiger partial charge in [-0.25, -0.2) is 0 Å². The topological polar surface area (TPSA) is 24.9 Å². The van der Waals surface area contributed by atoms with Gasteiger partial charge in [0, 0.05) is 45.0 Å². The van der Waals surface area contributed by atoms with Gasteiger partial charge in [0.15, 0.2) is 0 Å². The van der Waals surface area contributed by atoms with Crippen molar-refractivity contribution in [3.05, 3.63) is 0 Å². The van der Waals surface area contributed by atoms with Crippen LogP contribution in [0.15, 0.2) is 0 Å². The highest BCUT2D eigenvalue weighted by molar-refractivity contribution is 7.98. The monoisotopic (exact) mass is 316 g/mol. The zero-order chi connectivity index (χ0) is 15.1. The first kappa shape index (κ1) is 17.5. The Bertz CT molecular complexity index is 277. The van der Waals surface area contributed by atoms with E-state index in [-0.39, 0.29) is 0 Å². The number of hydrogen-bond acceptors (Lipinski definition) is 5. The van der Waals surface area contributed by atoms with Crippen molar-refractivity contribution in [2.24, 2.45) is 0 Å². The average molecular weight is 317 g/mol. The summed E-state index contributed by atoms with van der Waals surface area (Å²) in [4.78, 5) is 5.12. The number of nitrogens with zero attached hydrogens (tertiary/aromatic N) is 2. The maximum Gasteiger partial charge on any atom is 0.0628 e. The minimum Gasteiger partial charge on any atom is -0.377 e. The number of rotatable bonds is 9. The van der Waals surface area contributed by atoms with Gasteiger partial charge in [-0.15, -0.1) is 0 Å². The summed E-state index contributed by atoms with van der Waals surface area (Å²) in [7, 11) is 0. The van der Waals surface area contributed by atoms with Crippen molar-refractivity contribution in [1.82, 2.24) is 9.80 Å². The van der Waals surface area contributed by atoms with E-state index in [1.165, 1.54) is 38.5 Å². The number of thioether (sulfide) groups is 1. The fourth-order valence-electron chi connectivity index (χ4n) is 2.95. The molecule has 0 atom stereocenters. The van der Waals surface area contributed by atoms with Crippen LogP contribution in [0, 0.1) is 0 Å². The first-order valence-electron chi connectivity index (χ1n) is 8.38. The summed E-state index contributed by atoms with van der Waals surface area (Å²) >= 11 is 1.94. The Morgan fingerprint density at radius 2 is 1.62 bits per heavy atom. The maximum atomic E-state index is 5.95. The predicted octanol–water partition coefficient (Wildman–Crippen LogP) is 1.94. The second-order valence-corrected chi connectivity index (χ2v) is 7.43. The zero-order valence-electron chi connectivity index (χ0n) is 13.9. The summed E-state index contributed by atoms with van der Waals surface area (Å²) in [6.45, 7) is 12.2. The summed E-state index contributed by atoms with van der Waals surface area (Å²) in [6.07, 6.45) is 5.58. The standard InChI is InChI=1S/C16H32N2O2S/c1-14(2)20-16-12-15(13-16)19-10-8-17-4-6-18(7-5-17)9-11-21-3/h14-16H,4-13H2,1-3H3/t15-,16-. The molecule has 21 heavy (non-hydrogen) atoms. The third-order valence-corrected chi connectivity index (χ3v) is 4.94. The SMILES string of the molecule is CSCCN1CCN(CCO[C@H]2C[C@H](OC(C)C)C2)CC1. The van der Waals surface area contributed by atoms with E-state index in [2.05, 4.69) is 29.9 Å². The van der Waals surface area contributed by atoms with E-state index >= 15 is 0 Å². The van der Waals surface area contributed by atoms with Gasteiger partial charge < -0.3 is 9.47 Å². The molecule has 0 aromatic rings. The van der Waals surface area contributed by atoms with Crippen molar-refractivity contribution >= 4 is 11.8 Å². The van der Waals surface area contributed by atoms with E-state index in [0.29, 0.717) is 18.3 Å². The van der Waals surface area contributed by atoms with Crippen LogP contribution < -0.4 is 0 Å². The van der Waals surface area contributed by atoms with Crippen molar-refractivity contribution < 1.29 is 9.47 Å². The summed E-state index contributed by atoms with van der Waals surface area (Å²) in [5, 5.41) is 0. The normalized spacial score (nSPS) is 28.0. The van der Waals surface area contributed by atoms with Gasteiger partial charge in [-0.3, -0.25) is 9.80 Å². The molecule has 0 aromatic carbocycles. The Hall–Kier alpha value is 0.190.